The highest BCUT2D eigenvalue weighted by Crippen LogP contribution is 2.35. The van der Waals surface area contributed by atoms with Gasteiger partial charge in [-0.05, 0) is 43.7 Å². The number of likely N-dealkylation sites (N-methyl/N-ethyl adjacent to an activating group) is 1. The summed E-state index contributed by atoms with van der Waals surface area (Å²) >= 11 is 0. The van der Waals surface area contributed by atoms with Crippen LogP contribution in [-0.2, 0) is 6.42 Å². The number of carbonyl (C=O) groups excluding carboxylic acids is 1. The number of nitrogens with two attached hydrogens (primary N) is 1. The number of nitrogens with one attached hydrogen (secondary N) is 2. The van der Waals surface area contributed by atoms with E-state index in [2.05, 4.69) is 10.3 Å². The van der Waals surface area contributed by atoms with Crippen molar-refractivity contribution in [3.63, 3.8) is 0 Å². The Morgan fingerprint density at radius 2 is 2.32 bits per heavy atom. The van der Waals surface area contributed by atoms with Gasteiger partial charge in [0.2, 0.25) is 5.91 Å². The molecule has 0 bridgehead atoms. The number of aromatic nitrogens is 1. The van der Waals surface area contributed by atoms with Crippen LogP contribution in [0.2, 0.25) is 0 Å². The second-order valence-electron chi connectivity index (χ2n) is 5.08. The van der Waals surface area contributed by atoms with E-state index in [9.17, 15) is 9.90 Å². The Morgan fingerprint density at radius 1 is 1.53 bits per heavy atom. The Balaban J connectivity index is 2.18. The van der Waals surface area contributed by atoms with Gasteiger partial charge in [0.15, 0.2) is 0 Å². The van der Waals surface area contributed by atoms with Crippen LogP contribution in [-0.4, -0.2) is 29.1 Å². The minimum atomic E-state index is -0.495. The zero-order valence-corrected chi connectivity index (χ0v) is 10.7. The smallest absolute Gasteiger partial charge is 0.248 e. The van der Waals surface area contributed by atoms with Gasteiger partial charge < -0.3 is 21.1 Å². The van der Waals surface area contributed by atoms with Crippen LogP contribution in [0.5, 0.6) is 0 Å². The molecule has 19 heavy (non-hydrogen) atoms. The van der Waals surface area contributed by atoms with Crippen molar-refractivity contribution in [2.24, 2.45) is 5.73 Å². The van der Waals surface area contributed by atoms with Gasteiger partial charge in [0.05, 0.1) is 6.10 Å². The number of benzene rings is 1. The molecule has 0 aliphatic heterocycles. The fourth-order valence-electron chi connectivity index (χ4n) is 2.86. The Hall–Kier alpha value is -1.85. The lowest BCUT2D eigenvalue weighted by atomic mass is 9.89. The average Bonchev–Trinajstić information content (AvgIpc) is 2.77. The number of aliphatic hydroxyl groups excluding tert-OH is 1. The average molecular weight is 259 g/mol. The van der Waals surface area contributed by atoms with Gasteiger partial charge in [-0.25, -0.2) is 0 Å². The highest BCUT2D eigenvalue weighted by Gasteiger charge is 2.28. The van der Waals surface area contributed by atoms with Crippen molar-refractivity contribution in [2.75, 3.05) is 7.05 Å². The number of carbonyl (C=O) groups is 1. The number of aliphatic hydroxyl groups is 1. The van der Waals surface area contributed by atoms with Crippen LogP contribution in [0.4, 0.5) is 0 Å². The maximum absolute atomic E-state index is 11.3. The van der Waals surface area contributed by atoms with Crippen molar-refractivity contribution in [1.82, 2.24) is 10.3 Å². The standard InChI is InChI=1S/C14H17N3O2/c1-16-8-5-10-9-4-7(14(15)19)2-3-11(9)17-13(10)12(18)6-8/h2-4,8,12,16-18H,5-6H2,1H3,(H2,15,19)/t8-,12?/m0/s1. The van der Waals surface area contributed by atoms with Crippen molar-refractivity contribution in [2.45, 2.75) is 25.0 Å². The van der Waals surface area contributed by atoms with Crippen LogP contribution in [0, 0.1) is 0 Å². The minimum Gasteiger partial charge on any atom is -0.387 e. The van der Waals surface area contributed by atoms with E-state index in [1.807, 2.05) is 13.1 Å². The van der Waals surface area contributed by atoms with Crippen LogP contribution in [0.1, 0.15) is 34.1 Å². The number of amides is 1. The third-order valence-electron chi connectivity index (χ3n) is 3.92. The molecule has 2 aromatic rings. The van der Waals surface area contributed by atoms with Gasteiger partial charge in [-0.1, -0.05) is 0 Å². The van der Waals surface area contributed by atoms with E-state index in [0.29, 0.717) is 12.0 Å². The number of hydrogen-bond donors (Lipinski definition) is 4. The predicted octanol–water partition coefficient (Wildman–Crippen LogP) is 0.834. The monoisotopic (exact) mass is 259 g/mol. The first kappa shape index (κ1) is 12.2. The van der Waals surface area contributed by atoms with Gasteiger partial charge >= 0.3 is 0 Å². The van der Waals surface area contributed by atoms with E-state index < -0.39 is 12.0 Å². The van der Waals surface area contributed by atoms with E-state index in [1.165, 1.54) is 0 Å². The SMILES string of the molecule is CN[C@H]1Cc2c([nH]c3ccc(C(N)=O)cc23)C(O)C1. The maximum atomic E-state index is 11.3. The maximum Gasteiger partial charge on any atom is 0.248 e. The topological polar surface area (TPSA) is 91.1 Å². The second kappa shape index (κ2) is 4.36. The molecule has 2 atom stereocenters. The Kier molecular flexibility index (Phi) is 2.80. The number of hydrogen-bond acceptors (Lipinski definition) is 3. The summed E-state index contributed by atoms with van der Waals surface area (Å²) in [6, 6.07) is 5.60. The normalized spacial score (nSPS) is 22.4. The molecule has 1 unspecified atom stereocenters. The van der Waals surface area contributed by atoms with Crippen molar-refractivity contribution in [1.29, 1.82) is 0 Å². The molecule has 5 nitrogen and oxygen atoms in total. The molecule has 5 heteroatoms. The lowest BCUT2D eigenvalue weighted by molar-refractivity contribution is 0.100. The molecule has 1 amide bonds. The quantitative estimate of drug-likeness (QED) is 0.644. The second-order valence-corrected chi connectivity index (χ2v) is 5.08. The van der Waals surface area contributed by atoms with E-state index >= 15 is 0 Å². The molecular weight excluding hydrogens is 242 g/mol. The molecule has 0 fully saturated rings. The molecule has 0 saturated carbocycles. The molecule has 100 valence electrons. The fourth-order valence-corrected chi connectivity index (χ4v) is 2.86. The predicted molar refractivity (Wildman–Crippen MR) is 72.9 cm³/mol. The zero-order chi connectivity index (χ0) is 13.6. The van der Waals surface area contributed by atoms with Crippen molar-refractivity contribution in [3.05, 3.63) is 35.0 Å². The summed E-state index contributed by atoms with van der Waals surface area (Å²) in [5.74, 6) is -0.432. The Morgan fingerprint density at radius 3 is 3.00 bits per heavy atom. The van der Waals surface area contributed by atoms with Crippen LogP contribution in [0.3, 0.4) is 0 Å². The van der Waals surface area contributed by atoms with Crippen molar-refractivity contribution in [3.8, 4) is 0 Å². The molecule has 1 heterocycles. The van der Waals surface area contributed by atoms with Crippen molar-refractivity contribution < 1.29 is 9.90 Å². The highest BCUT2D eigenvalue weighted by molar-refractivity contribution is 5.98. The molecule has 1 aromatic heterocycles. The third kappa shape index (κ3) is 1.91. The highest BCUT2D eigenvalue weighted by atomic mass is 16.3. The van der Waals surface area contributed by atoms with Gasteiger partial charge in [0.25, 0.3) is 0 Å². The van der Waals surface area contributed by atoms with E-state index in [1.54, 1.807) is 12.1 Å². The van der Waals surface area contributed by atoms with E-state index in [0.717, 1.165) is 28.6 Å². The number of rotatable bonds is 2. The summed E-state index contributed by atoms with van der Waals surface area (Å²) in [5.41, 5.74) is 8.69. The number of H-pyrrole nitrogens is 1. The first-order chi connectivity index (χ1) is 9.10. The summed E-state index contributed by atoms with van der Waals surface area (Å²) in [7, 11) is 1.89. The number of primary amides is 1. The van der Waals surface area contributed by atoms with Crippen LogP contribution < -0.4 is 11.1 Å². The number of aromatic amines is 1. The summed E-state index contributed by atoms with van der Waals surface area (Å²) in [6.07, 6.45) is 1.04. The Bertz CT molecular complexity index is 647. The van der Waals surface area contributed by atoms with Crippen LogP contribution in [0.15, 0.2) is 18.2 Å². The molecule has 5 N–H and O–H groups in total. The molecule has 0 spiro atoms. The van der Waals surface area contributed by atoms with Gasteiger partial charge in [-0.15, -0.1) is 0 Å². The van der Waals surface area contributed by atoms with Crippen LogP contribution in [0.25, 0.3) is 10.9 Å². The third-order valence-corrected chi connectivity index (χ3v) is 3.92. The van der Waals surface area contributed by atoms with Crippen LogP contribution >= 0.6 is 0 Å². The molecule has 3 rings (SSSR count). The molecule has 1 aromatic carbocycles. The lowest BCUT2D eigenvalue weighted by Gasteiger charge is -2.26. The molecule has 1 aliphatic rings. The van der Waals surface area contributed by atoms with E-state index in [-0.39, 0.29) is 6.04 Å². The zero-order valence-electron chi connectivity index (χ0n) is 10.7. The molecule has 0 radical (unpaired) electrons. The molecular formula is C14H17N3O2. The number of fused-ring (bicyclic) bond motifs is 3. The largest absolute Gasteiger partial charge is 0.387 e. The summed E-state index contributed by atoms with van der Waals surface area (Å²) < 4.78 is 0. The summed E-state index contributed by atoms with van der Waals surface area (Å²) in [4.78, 5) is 14.5. The lowest BCUT2D eigenvalue weighted by Crippen LogP contribution is -2.33. The summed E-state index contributed by atoms with van der Waals surface area (Å²) in [5, 5.41) is 14.4. The molecule has 1 aliphatic carbocycles. The van der Waals surface area contributed by atoms with Gasteiger partial charge in [-0.3, -0.25) is 4.79 Å². The first-order valence-electron chi connectivity index (χ1n) is 6.39. The van der Waals surface area contributed by atoms with Gasteiger partial charge in [-0.2, -0.15) is 0 Å². The molecule has 0 saturated heterocycles. The Labute approximate surface area is 110 Å². The minimum absolute atomic E-state index is 0.249. The first-order valence-corrected chi connectivity index (χ1v) is 6.39. The van der Waals surface area contributed by atoms with Gasteiger partial charge in [0.1, 0.15) is 0 Å². The van der Waals surface area contributed by atoms with Crippen molar-refractivity contribution >= 4 is 16.8 Å². The van der Waals surface area contributed by atoms with E-state index in [4.69, 9.17) is 5.73 Å². The fraction of sp³-hybridized carbons (Fsp3) is 0.357. The van der Waals surface area contributed by atoms with Gasteiger partial charge in [0, 0.05) is 28.2 Å². The summed E-state index contributed by atoms with van der Waals surface area (Å²) in [6.45, 7) is 0.